The average Bonchev–Trinajstić information content (AvgIpc) is 3.47. The molecule has 0 spiro atoms. The maximum Gasteiger partial charge on any atom is 0.276 e. The molecule has 28 heavy (non-hydrogen) atoms. The Kier molecular flexibility index (Phi) is 4.92. The number of nitrogens with one attached hydrogen (secondary N) is 2. The molecule has 10 nitrogen and oxygen atoms in total. The maximum atomic E-state index is 12.4. The van der Waals surface area contributed by atoms with E-state index in [-0.39, 0.29) is 17.7 Å². The Morgan fingerprint density at radius 3 is 2.82 bits per heavy atom. The minimum atomic E-state index is -0.255. The van der Waals surface area contributed by atoms with E-state index in [1.54, 1.807) is 42.6 Å². The van der Waals surface area contributed by atoms with Crippen LogP contribution in [0.2, 0.25) is 0 Å². The van der Waals surface area contributed by atoms with Gasteiger partial charge >= 0.3 is 0 Å². The van der Waals surface area contributed by atoms with E-state index in [2.05, 4.69) is 25.8 Å². The highest BCUT2D eigenvalue weighted by Gasteiger charge is 2.27. The van der Waals surface area contributed by atoms with Gasteiger partial charge in [0.2, 0.25) is 0 Å². The lowest BCUT2D eigenvalue weighted by Gasteiger charge is -2.30. The molecule has 0 unspecified atom stereocenters. The highest BCUT2D eigenvalue weighted by Crippen LogP contribution is 2.27. The lowest BCUT2D eigenvalue weighted by atomic mass is 9.93. The van der Waals surface area contributed by atoms with Crippen LogP contribution in [-0.2, 0) is 13.6 Å². The molecule has 1 fully saturated rings. The lowest BCUT2D eigenvalue weighted by molar-refractivity contribution is 0.0706. The van der Waals surface area contributed by atoms with Gasteiger partial charge in [-0.05, 0) is 31.0 Å². The predicted molar refractivity (Wildman–Crippen MR) is 97.3 cm³/mol. The van der Waals surface area contributed by atoms with Gasteiger partial charge in [0.15, 0.2) is 5.69 Å². The number of H-pyrrole nitrogens is 1. The maximum absolute atomic E-state index is 12.4. The standard InChI is InChI=1S/C18H21N7O3/c1-24-11-16(22-23-24)18(27)25-6-4-12(5-7-25)14-9-15(21-20-14)17(26)19-10-13-3-2-8-28-13/h2-3,8-9,11-12H,4-7,10H2,1H3,(H,19,26)(H,20,21). The van der Waals surface area contributed by atoms with Crippen molar-refractivity contribution in [1.82, 2.24) is 35.4 Å². The van der Waals surface area contributed by atoms with Gasteiger partial charge in [0.1, 0.15) is 11.5 Å². The van der Waals surface area contributed by atoms with Crippen LogP contribution < -0.4 is 5.32 Å². The van der Waals surface area contributed by atoms with Crippen molar-refractivity contribution in [2.24, 2.45) is 7.05 Å². The van der Waals surface area contributed by atoms with E-state index in [9.17, 15) is 9.59 Å². The second-order valence-electron chi connectivity index (χ2n) is 6.81. The van der Waals surface area contributed by atoms with E-state index in [1.165, 1.54) is 4.68 Å². The summed E-state index contributed by atoms with van der Waals surface area (Å²) in [6.07, 6.45) is 4.77. The summed E-state index contributed by atoms with van der Waals surface area (Å²) in [6, 6.07) is 5.35. The summed E-state index contributed by atoms with van der Waals surface area (Å²) in [5.41, 5.74) is 1.62. The fourth-order valence-electron chi connectivity index (χ4n) is 3.33. The number of hydrogen-bond acceptors (Lipinski definition) is 6. The summed E-state index contributed by atoms with van der Waals surface area (Å²) in [5, 5.41) is 17.6. The summed E-state index contributed by atoms with van der Waals surface area (Å²) >= 11 is 0. The van der Waals surface area contributed by atoms with Gasteiger partial charge in [0.05, 0.1) is 19.0 Å². The molecule has 0 aliphatic carbocycles. The Morgan fingerprint density at radius 1 is 1.32 bits per heavy atom. The number of likely N-dealkylation sites (tertiary alicyclic amines) is 1. The number of aromatic amines is 1. The first kappa shape index (κ1) is 18.0. The molecule has 0 radical (unpaired) electrons. The molecule has 1 aliphatic rings. The second-order valence-corrected chi connectivity index (χ2v) is 6.81. The molecule has 4 rings (SSSR count). The third-order valence-corrected chi connectivity index (χ3v) is 4.88. The lowest BCUT2D eigenvalue weighted by Crippen LogP contribution is -2.38. The number of hydrogen-bond donors (Lipinski definition) is 2. The third kappa shape index (κ3) is 3.80. The minimum absolute atomic E-state index is 0.103. The van der Waals surface area contributed by atoms with Crippen LogP contribution in [0.4, 0.5) is 0 Å². The van der Waals surface area contributed by atoms with Crippen molar-refractivity contribution in [3.05, 3.63) is 53.5 Å². The van der Waals surface area contributed by atoms with Crippen molar-refractivity contribution in [2.45, 2.75) is 25.3 Å². The van der Waals surface area contributed by atoms with Crippen molar-refractivity contribution in [2.75, 3.05) is 13.1 Å². The Bertz CT molecular complexity index is 952. The monoisotopic (exact) mass is 383 g/mol. The number of piperidine rings is 1. The number of amides is 2. The molecule has 1 aliphatic heterocycles. The first-order valence-electron chi connectivity index (χ1n) is 9.11. The summed E-state index contributed by atoms with van der Waals surface area (Å²) in [5.74, 6) is 0.553. The van der Waals surface area contributed by atoms with Crippen molar-refractivity contribution in [3.8, 4) is 0 Å². The number of aryl methyl sites for hydroxylation is 1. The number of nitrogens with zero attached hydrogens (tertiary/aromatic N) is 5. The number of aromatic nitrogens is 5. The quantitative estimate of drug-likeness (QED) is 0.680. The molecule has 3 aromatic rings. The summed E-state index contributed by atoms with van der Waals surface area (Å²) < 4.78 is 6.71. The zero-order chi connectivity index (χ0) is 19.5. The van der Waals surface area contributed by atoms with Gasteiger partial charge in [0.25, 0.3) is 11.8 Å². The molecule has 0 atom stereocenters. The molecule has 0 bridgehead atoms. The SMILES string of the molecule is Cn1cc(C(=O)N2CCC(c3cc(C(=O)NCc4ccco4)n[nH]3)CC2)nn1. The van der Waals surface area contributed by atoms with Gasteiger partial charge < -0.3 is 14.6 Å². The third-order valence-electron chi connectivity index (χ3n) is 4.88. The summed E-state index contributed by atoms with van der Waals surface area (Å²) in [4.78, 5) is 26.5. The molecule has 0 saturated carbocycles. The van der Waals surface area contributed by atoms with Crippen LogP contribution >= 0.6 is 0 Å². The van der Waals surface area contributed by atoms with Gasteiger partial charge in [-0.2, -0.15) is 5.10 Å². The van der Waals surface area contributed by atoms with E-state index in [4.69, 9.17) is 4.42 Å². The van der Waals surface area contributed by atoms with Gasteiger partial charge in [0, 0.05) is 31.7 Å². The van der Waals surface area contributed by atoms with Crippen LogP contribution in [0.5, 0.6) is 0 Å². The van der Waals surface area contributed by atoms with E-state index >= 15 is 0 Å². The highest BCUT2D eigenvalue weighted by atomic mass is 16.3. The van der Waals surface area contributed by atoms with Gasteiger partial charge in [-0.25, -0.2) is 0 Å². The molecule has 146 valence electrons. The van der Waals surface area contributed by atoms with Crippen molar-refractivity contribution in [1.29, 1.82) is 0 Å². The first-order valence-corrected chi connectivity index (χ1v) is 9.11. The van der Waals surface area contributed by atoms with Crippen LogP contribution in [0.15, 0.2) is 35.1 Å². The number of rotatable bonds is 5. The van der Waals surface area contributed by atoms with E-state index in [0.29, 0.717) is 36.8 Å². The normalized spacial score (nSPS) is 15.0. The largest absolute Gasteiger partial charge is 0.467 e. The zero-order valence-electron chi connectivity index (χ0n) is 15.5. The smallest absolute Gasteiger partial charge is 0.276 e. The number of carbonyl (C=O) groups excluding carboxylic acids is 2. The molecule has 3 aromatic heterocycles. The summed E-state index contributed by atoms with van der Waals surface area (Å²) in [7, 11) is 1.73. The van der Waals surface area contributed by atoms with Crippen molar-refractivity contribution >= 4 is 11.8 Å². The van der Waals surface area contributed by atoms with E-state index < -0.39 is 0 Å². The fraction of sp³-hybridized carbons (Fsp3) is 0.389. The summed E-state index contributed by atoms with van der Waals surface area (Å²) in [6.45, 7) is 1.56. The van der Waals surface area contributed by atoms with Gasteiger partial charge in [-0.1, -0.05) is 5.21 Å². The topological polar surface area (TPSA) is 122 Å². The molecule has 2 N–H and O–H groups in total. The fourth-order valence-corrected chi connectivity index (χ4v) is 3.33. The van der Waals surface area contributed by atoms with E-state index in [1.807, 2.05) is 0 Å². The van der Waals surface area contributed by atoms with Crippen LogP contribution in [-0.4, -0.2) is 55.0 Å². The Labute approximate surface area is 160 Å². The number of carbonyl (C=O) groups is 2. The van der Waals surface area contributed by atoms with Crippen LogP contribution in [0.1, 0.15) is 51.2 Å². The molecule has 1 saturated heterocycles. The Hall–Kier alpha value is -3.43. The molecular formula is C18H21N7O3. The van der Waals surface area contributed by atoms with Crippen LogP contribution in [0.25, 0.3) is 0 Å². The predicted octanol–water partition coefficient (Wildman–Crippen LogP) is 1.08. The zero-order valence-corrected chi connectivity index (χ0v) is 15.5. The molecule has 4 heterocycles. The number of furan rings is 1. The highest BCUT2D eigenvalue weighted by molar-refractivity contribution is 5.92. The van der Waals surface area contributed by atoms with Crippen LogP contribution in [0.3, 0.4) is 0 Å². The molecule has 0 aromatic carbocycles. The molecule has 10 heteroatoms. The van der Waals surface area contributed by atoms with Gasteiger partial charge in [-0.3, -0.25) is 19.4 Å². The van der Waals surface area contributed by atoms with Crippen molar-refractivity contribution < 1.29 is 14.0 Å². The second kappa shape index (κ2) is 7.67. The Balaban J connectivity index is 1.31. The van der Waals surface area contributed by atoms with Crippen LogP contribution in [0, 0.1) is 0 Å². The molecular weight excluding hydrogens is 362 g/mol. The van der Waals surface area contributed by atoms with Gasteiger partial charge in [-0.15, -0.1) is 5.10 Å². The molecule has 2 amide bonds. The first-order chi connectivity index (χ1) is 13.6. The van der Waals surface area contributed by atoms with E-state index in [0.717, 1.165) is 18.5 Å². The minimum Gasteiger partial charge on any atom is -0.467 e. The average molecular weight is 383 g/mol. The van der Waals surface area contributed by atoms with Crippen molar-refractivity contribution in [3.63, 3.8) is 0 Å². The Morgan fingerprint density at radius 2 is 2.14 bits per heavy atom.